The van der Waals surface area contributed by atoms with Crippen molar-refractivity contribution >= 4 is 0 Å². The highest BCUT2D eigenvalue weighted by atomic mass is 16.5. The maximum atomic E-state index is 9.70. The molecular formula is C12H17NO2. The molecule has 0 amide bonds. The molecule has 1 aromatic carbocycles. The van der Waals surface area contributed by atoms with Gasteiger partial charge in [-0.25, -0.2) is 0 Å². The standard InChI is InChI=1S/C12H17NO2/c14-12-6-7-15-9-11(12)13-8-10-4-2-1-3-5-10/h1-5,11-14H,6-9H2/t11-,12-/m1/s1. The van der Waals surface area contributed by atoms with Crippen molar-refractivity contribution in [2.75, 3.05) is 13.2 Å². The smallest absolute Gasteiger partial charge is 0.0737 e. The van der Waals surface area contributed by atoms with Crippen molar-refractivity contribution < 1.29 is 9.84 Å². The fourth-order valence-corrected chi connectivity index (χ4v) is 1.77. The summed E-state index contributed by atoms with van der Waals surface area (Å²) in [4.78, 5) is 0. The maximum absolute atomic E-state index is 9.70. The van der Waals surface area contributed by atoms with E-state index in [2.05, 4.69) is 17.4 Å². The van der Waals surface area contributed by atoms with Crippen LogP contribution in [0.3, 0.4) is 0 Å². The minimum absolute atomic E-state index is 0.0685. The molecule has 0 unspecified atom stereocenters. The predicted octanol–water partition coefficient (Wildman–Crippen LogP) is 0.926. The molecule has 0 bridgehead atoms. The second-order valence-corrected chi connectivity index (χ2v) is 3.90. The van der Waals surface area contributed by atoms with E-state index in [1.165, 1.54) is 5.56 Å². The second-order valence-electron chi connectivity index (χ2n) is 3.90. The van der Waals surface area contributed by atoms with Gasteiger partial charge in [-0.15, -0.1) is 0 Å². The van der Waals surface area contributed by atoms with Gasteiger partial charge in [0.25, 0.3) is 0 Å². The zero-order valence-electron chi connectivity index (χ0n) is 8.73. The molecule has 2 atom stereocenters. The molecular weight excluding hydrogens is 190 g/mol. The van der Waals surface area contributed by atoms with Crippen LogP contribution in [0.2, 0.25) is 0 Å². The van der Waals surface area contributed by atoms with Gasteiger partial charge in [0.05, 0.1) is 18.8 Å². The molecule has 1 saturated heterocycles. The third-order valence-electron chi connectivity index (χ3n) is 2.73. The third-order valence-corrected chi connectivity index (χ3v) is 2.73. The first-order valence-electron chi connectivity index (χ1n) is 5.39. The molecule has 1 aromatic rings. The highest BCUT2D eigenvalue weighted by Crippen LogP contribution is 2.08. The zero-order valence-corrected chi connectivity index (χ0v) is 8.73. The molecule has 1 aliphatic rings. The van der Waals surface area contributed by atoms with E-state index in [9.17, 15) is 5.11 Å². The van der Waals surface area contributed by atoms with Gasteiger partial charge in [-0.05, 0) is 12.0 Å². The van der Waals surface area contributed by atoms with Crippen LogP contribution in [0.15, 0.2) is 30.3 Å². The second kappa shape index (κ2) is 5.26. The van der Waals surface area contributed by atoms with Crippen LogP contribution in [0.1, 0.15) is 12.0 Å². The summed E-state index contributed by atoms with van der Waals surface area (Å²) in [5.74, 6) is 0. The number of rotatable bonds is 3. The number of benzene rings is 1. The van der Waals surface area contributed by atoms with Gasteiger partial charge in [0, 0.05) is 13.2 Å². The van der Waals surface area contributed by atoms with E-state index >= 15 is 0 Å². The minimum atomic E-state index is -0.275. The number of ether oxygens (including phenoxy) is 1. The van der Waals surface area contributed by atoms with Crippen molar-refractivity contribution in [3.8, 4) is 0 Å². The van der Waals surface area contributed by atoms with E-state index in [-0.39, 0.29) is 12.1 Å². The lowest BCUT2D eigenvalue weighted by molar-refractivity contribution is -0.0159. The lowest BCUT2D eigenvalue weighted by Gasteiger charge is -2.28. The van der Waals surface area contributed by atoms with Gasteiger partial charge in [-0.1, -0.05) is 30.3 Å². The number of hydrogen-bond acceptors (Lipinski definition) is 3. The summed E-state index contributed by atoms with van der Waals surface area (Å²) in [6.07, 6.45) is 0.453. The lowest BCUT2D eigenvalue weighted by atomic mass is 10.1. The molecule has 0 radical (unpaired) electrons. The van der Waals surface area contributed by atoms with Gasteiger partial charge in [-0.2, -0.15) is 0 Å². The number of hydrogen-bond donors (Lipinski definition) is 2. The molecule has 0 aromatic heterocycles. The van der Waals surface area contributed by atoms with Crippen LogP contribution in [0.5, 0.6) is 0 Å². The van der Waals surface area contributed by atoms with Crippen LogP contribution < -0.4 is 5.32 Å². The van der Waals surface area contributed by atoms with Crippen molar-refractivity contribution in [1.82, 2.24) is 5.32 Å². The first kappa shape index (κ1) is 10.6. The highest BCUT2D eigenvalue weighted by molar-refractivity contribution is 5.14. The summed E-state index contributed by atoms with van der Waals surface area (Å²) in [5.41, 5.74) is 1.23. The molecule has 2 N–H and O–H groups in total. The highest BCUT2D eigenvalue weighted by Gasteiger charge is 2.22. The Bertz CT molecular complexity index is 289. The molecule has 82 valence electrons. The Morgan fingerprint density at radius 3 is 2.87 bits per heavy atom. The van der Waals surface area contributed by atoms with Gasteiger partial charge in [-0.3, -0.25) is 0 Å². The van der Waals surface area contributed by atoms with Crippen molar-refractivity contribution in [2.24, 2.45) is 0 Å². The maximum Gasteiger partial charge on any atom is 0.0737 e. The fourth-order valence-electron chi connectivity index (χ4n) is 1.77. The van der Waals surface area contributed by atoms with Crippen molar-refractivity contribution in [3.05, 3.63) is 35.9 Å². The van der Waals surface area contributed by atoms with Crippen LogP contribution in [0.25, 0.3) is 0 Å². The average Bonchev–Trinajstić information content (AvgIpc) is 2.29. The van der Waals surface area contributed by atoms with Crippen molar-refractivity contribution in [3.63, 3.8) is 0 Å². The molecule has 0 saturated carbocycles. The Balaban J connectivity index is 1.82. The molecule has 3 nitrogen and oxygen atoms in total. The van der Waals surface area contributed by atoms with E-state index in [1.807, 2.05) is 18.2 Å². The molecule has 2 rings (SSSR count). The quantitative estimate of drug-likeness (QED) is 0.774. The monoisotopic (exact) mass is 207 g/mol. The predicted molar refractivity (Wildman–Crippen MR) is 58.5 cm³/mol. The van der Waals surface area contributed by atoms with Crippen LogP contribution in [0, 0.1) is 0 Å². The van der Waals surface area contributed by atoms with E-state index in [1.54, 1.807) is 0 Å². The molecule has 1 fully saturated rings. The average molecular weight is 207 g/mol. The Morgan fingerprint density at radius 1 is 1.33 bits per heavy atom. The SMILES string of the molecule is O[C@@H]1CCOC[C@H]1NCc1ccccc1. The molecule has 0 aliphatic carbocycles. The largest absolute Gasteiger partial charge is 0.391 e. The summed E-state index contributed by atoms with van der Waals surface area (Å²) in [7, 11) is 0. The van der Waals surface area contributed by atoms with E-state index in [0.29, 0.717) is 13.2 Å². The number of nitrogens with one attached hydrogen (secondary N) is 1. The fraction of sp³-hybridized carbons (Fsp3) is 0.500. The zero-order chi connectivity index (χ0) is 10.5. The molecule has 0 spiro atoms. The van der Waals surface area contributed by atoms with Gasteiger partial charge < -0.3 is 15.2 Å². The van der Waals surface area contributed by atoms with Gasteiger partial charge in [0.1, 0.15) is 0 Å². The summed E-state index contributed by atoms with van der Waals surface area (Å²) < 4.78 is 5.32. The first-order chi connectivity index (χ1) is 7.36. The van der Waals surface area contributed by atoms with Gasteiger partial charge in [0.2, 0.25) is 0 Å². The Labute approximate surface area is 90.1 Å². The van der Waals surface area contributed by atoms with Crippen LogP contribution in [0.4, 0.5) is 0 Å². The van der Waals surface area contributed by atoms with Crippen molar-refractivity contribution in [1.29, 1.82) is 0 Å². The molecule has 1 heterocycles. The summed E-state index contributed by atoms with van der Waals surface area (Å²) in [5, 5.41) is 13.0. The first-order valence-corrected chi connectivity index (χ1v) is 5.39. The third kappa shape index (κ3) is 3.02. The van der Waals surface area contributed by atoms with Crippen LogP contribution >= 0.6 is 0 Å². The number of aliphatic hydroxyl groups excluding tert-OH is 1. The van der Waals surface area contributed by atoms with Crippen LogP contribution in [-0.4, -0.2) is 30.5 Å². The summed E-state index contributed by atoms with van der Waals surface area (Å²) >= 11 is 0. The molecule has 15 heavy (non-hydrogen) atoms. The Kier molecular flexibility index (Phi) is 3.72. The van der Waals surface area contributed by atoms with Crippen LogP contribution in [-0.2, 0) is 11.3 Å². The topological polar surface area (TPSA) is 41.5 Å². The van der Waals surface area contributed by atoms with Gasteiger partial charge >= 0.3 is 0 Å². The molecule has 1 aliphatic heterocycles. The number of aliphatic hydroxyl groups is 1. The summed E-state index contributed by atoms with van der Waals surface area (Å²) in [6.45, 7) is 2.06. The normalized spacial score (nSPS) is 26.5. The Morgan fingerprint density at radius 2 is 2.13 bits per heavy atom. The van der Waals surface area contributed by atoms with E-state index < -0.39 is 0 Å². The molecule has 3 heteroatoms. The lowest BCUT2D eigenvalue weighted by Crippen LogP contribution is -2.46. The summed E-state index contributed by atoms with van der Waals surface area (Å²) in [6, 6.07) is 10.3. The van der Waals surface area contributed by atoms with E-state index in [0.717, 1.165) is 13.0 Å². The Hall–Kier alpha value is -0.900. The minimum Gasteiger partial charge on any atom is -0.391 e. The van der Waals surface area contributed by atoms with Crippen molar-refractivity contribution in [2.45, 2.75) is 25.1 Å². The van der Waals surface area contributed by atoms with Gasteiger partial charge in [0.15, 0.2) is 0 Å². The van der Waals surface area contributed by atoms with E-state index in [4.69, 9.17) is 4.74 Å².